The number of carboxylic acids is 1. The number of halogens is 2. The Labute approximate surface area is 63.2 Å². The van der Waals surface area contributed by atoms with Gasteiger partial charge >= 0.3 is 5.97 Å². The van der Waals surface area contributed by atoms with Crippen molar-refractivity contribution in [1.82, 2.24) is 0 Å². The molecule has 0 rings (SSSR count). The number of carboxylic acid groups (broad SMARTS) is 1. The first-order valence-corrected chi connectivity index (χ1v) is 3.05. The van der Waals surface area contributed by atoms with Crippen molar-refractivity contribution in [2.24, 2.45) is 0 Å². The van der Waals surface area contributed by atoms with Crippen LogP contribution in [0.3, 0.4) is 0 Å². The van der Waals surface area contributed by atoms with Gasteiger partial charge in [-0.2, -0.15) is 0 Å². The first-order chi connectivity index (χ1) is 5.04. The molecule has 0 saturated heterocycles. The van der Waals surface area contributed by atoms with Crippen LogP contribution in [-0.2, 0) is 4.79 Å². The Morgan fingerprint density at radius 1 is 1.73 bits per heavy atom. The predicted molar refractivity (Wildman–Crippen MR) is 35.5 cm³/mol. The highest BCUT2D eigenvalue weighted by Crippen LogP contribution is 2.14. The summed E-state index contributed by atoms with van der Waals surface area (Å²) in [6.45, 7) is 0.125. The first kappa shape index (κ1) is 9.89. The summed E-state index contributed by atoms with van der Waals surface area (Å²) in [6.07, 6.45) is -0.149. The molecule has 0 heterocycles. The third kappa shape index (κ3) is 3.56. The van der Waals surface area contributed by atoms with Gasteiger partial charge < -0.3 is 5.11 Å². The Morgan fingerprint density at radius 3 is 2.55 bits per heavy atom. The zero-order valence-corrected chi connectivity index (χ0v) is 6.03. The molecule has 4 heteroatoms. The first-order valence-electron chi connectivity index (χ1n) is 3.05. The molecule has 1 unspecified atom stereocenters. The van der Waals surface area contributed by atoms with E-state index in [1.54, 1.807) is 5.92 Å². The second-order valence-electron chi connectivity index (χ2n) is 2.01. The molecule has 62 valence electrons. The smallest absolute Gasteiger partial charge is 0.382 e. The van der Waals surface area contributed by atoms with Crippen LogP contribution in [0, 0.1) is 11.8 Å². The maximum absolute atomic E-state index is 12.8. The van der Waals surface area contributed by atoms with Crippen molar-refractivity contribution in [3.8, 4) is 11.8 Å². The van der Waals surface area contributed by atoms with Crippen LogP contribution < -0.4 is 0 Å². The molecular weight excluding hydrogens is 154 g/mol. The molecule has 0 aromatic carbocycles. The van der Waals surface area contributed by atoms with E-state index in [4.69, 9.17) is 5.11 Å². The Kier molecular flexibility index (Phi) is 3.52. The maximum atomic E-state index is 12.8. The van der Waals surface area contributed by atoms with E-state index in [0.29, 0.717) is 0 Å². The fourth-order valence-corrected chi connectivity index (χ4v) is 0.382. The summed E-state index contributed by atoms with van der Waals surface area (Å²) >= 11 is 0. The molecule has 0 fully saturated rings. The lowest BCUT2D eigenvalue weighted by Gasteiger charge is -2.10. The Bertz CT molecular complexity index is 198. The van der Waals surface area contributed by atoms with Crippen molar-refractivity contribution in [3.05, 3.63) is 0 Å². The van der Waals surface area contributed by atoms with E-state index in [2.05, 4.69) is 0 Å². The van der Waals surface area contributed by atoms with E-state index in [-0.39, 0.29) is 6.42 Å². The molecule has 0 radical (unpaired) electrons. The van der Waals surface area contributed by atoms with Gasteiger partial charge in [-0.05, 0) is 12.3 Å². The predicted octanol–water partition coefficient (Wildman–Crippen LogP) is 1.16. The lowest BCUT2D eigenvalue weighted by Crippen LogP contribution is -2.22. The van der Waals surface area contributed by atoms with E-state index in [1.807, 2.05) is 0 Å². The van der Waals surface area contributed by atoms with Crippen molar-refractivity contribution in [3.63, 3.8) is 0 Å². The van der Waals surface area contributed by atoms with Gasteiger partial charge in [0.25, 0.3) is 0 Å². The molecule has 0 saturated carbocycles. The topological polar surface area (TPSA) is 37.3 Å². The Balaban J connectivity index is 4.33. The van der Waals surface area contributed by atoms with Crippen molar-refractivity contribution in [1.29, 1.82) is 0 Å². The molecule has 0 aliphatic rings. The van der Waals surface area contributed by atoms with E-state index >= 15 is 0 Å². The number of carbonyl (C=O) groups is 1. The minimum atomic E-state index is -2.29. The summed E-state index contributed by atoms with van der Waals surface area (Å²) in [5, 5.41) is 8.01. The molecular formula is C7H8F2O2. The average Bonchev–Trinajstić information content (AvgIpc) is 2.00. The van der Waals surface area contributed by atoms with Gasteiger partial charge in [-0.15, -0.1) is 0 Å². The number of alkyl halides is 2. The zero-order chi connectivity index (χ0) is 8.91. The van der Waals surface area contributed by atoms with Crippen LogP contribution in [0.4, 0.5) is 8.78 Å². The summed E-state index contributed by atoms with van der Waals surface area (Å²) in [5.41, 5.74) is -2.29. The number of aliphatic carboxylic acids is 1. The van der Waals surface area contributed by atoms with Crippen LogP contribution >= 0.6 is 0 Å². The van der Waals surface area contributed by atoms with Crippen LogP contribution in [0.1, 0.15) is 13.3 Å². The van der Waals surface area contributed by atoms with Crippen molar-refractivity contribution < 1.29 is 18.7 Å². The fourth-order valence-electron chi connectivity index (χ4n) is 0.382. The second-order valence-corrected chi connectivity index (χ2v) is 2.01. The van der Waals surface area contributed by atoms with Gasteiger partial charge in [0.05, 0.1) is 0 Å². The van der Waals surface area contributed by atoms with Gasteiger partial charge in [0.2, 0.25) is 0 Å². The SMILES string of the molecule is CCC(F)(C#CC(=O)O)CF. The monoisotopic (exact) mass is 162 g/mol. The van der Waals surface area contributed by atoms with E-state index in [9.17, 15) is 13.6 Å². The minimum Gasteiger partial charge on any atom is -0.472 e. The summed E-state index contributed by atoms with van der Waals surface area (Å²) in [5.74, 6) is 1.79. The summed E-state index contributed by atoms with van der Waals surface area (Å²) in [6, 6.07) is 0. The van der Waals surface area contributed by atoms with Crippen LogP contribution in [0.25, 0.3) is 0 Å². The van der Waals surface area contributed by atoms with Crippen molar-refractivity contribution >= 4 is 5.97 Å². The Morgan fingerprint density at radius 2 is 2.27 bits per heavy atom. The largest absolute Gasteiger partial charge is 0.472 e. The van der Waals surface area contributed by atoms with E-state index in [1.165, 1.54) is 12.8 Å². The molecule has 1 N–H and O–H groups in total. The van der Waals surface area contributed by atoms with Crippen molar-refractivity contribution in [2.75, 3.05) is 6.67 Å². The van der Waals surface area contributed by atoms with Gasteiger partial charge in [-0.3, -0.25) is 0 Å². The molecule has 0 amide bonds. The molecule has 0 bridgehead atoms. The molecule has 0 aliphatic heterocycles. The highest BCUT2D eigenvalue weighted by Gasteiger charge is 2.24. The standard InChI is InChI=1S/C7H8F2O2/c1-2-7(9,5-8)4-3-6(10)11/h2,5H2,1H3,(H,10,11). The van der Waals surface area contributed by atoms with Gasteiger partial charge in [0.15, 0.2) is 5.67 Å². The summed E-state index contributed by atoms with van der Waals surface area (Å²) in [7, 11) is 0. The van der Waals surface area contributed by atoms with Gasteiger partial charge in [-0.1, -0.05) is 6.92 Å². The molecule has 0 aliphatic carbocycles. The van der Waals surface area contributed by atoms with Gasteiger partial charge in [-0.25, -0.2) is 13.6 Å². The van der Waals surface area contributed by atoms with Crippen LogP contribution in [-0.4, -0.2) is 23.4 Å². The number of hydrogen-bond acceptors (Lipinski definition) is 1. The fraction of sp³-hybridized carbons (Fsp3) is 0.571. The molecule has 0 aromatic heterocycles. The summed E-state index contributed by atoms with van der Waals surface area (Å²) < 4.78 is 24.6. The second kappa shape index (κ2) is 3.91. The van der Waals surface area contributed by atoms with Crippen LogP contribution in [0.5, 0.6) is 0 Å². The number of rotatable bonds is 2. The highest BCUT2D eigenvalue weighted by atomic mass is 19.2. The third-order valence-electron chi connectivity index (χ3n) is 1.17. The quantitative estimate of drug-likeness (QED) is 0.618. The Hall–Kier alpha value is -1.11. The maximum Gasteiger partial charge on any atom is 0.382 e. The molecule has 2 nitrogen and oxygen atoms in total. The third-order valence-corrected chi connectivity index (χ3v) is 1.17. The molecule has 0 aromatic rings. The molecule has 0 spiro atoms. The minimum absolute atomic E-state index is 0.149. The molecule has 11 heavy (non-hydrogen) atoms. The summed E-state index contributed by atoms with van der Waals surface area (Å²) in [4.78, 5) is 9.82. The van der Waals surface area contributed by atoms with E-state index in [0.717, 1.165) is 0 Å². The van der Waals surface area contributed by atoms with Crippen LogP contribution in [0.15, 0.2) is 0 Å². The number of hydrogen-bond donors (Lipinski definition) is 1. The average molecular weight is 162 g/mol. The lowest BCUT2D eigenvalue weighted by atomic mass is 10.1. The van der Waals surface area contributed by atoms with Crippen LogP contribution in [0.2, 0.25) is 0 Å². The highest BCUT2D eigenvalue weighted by molar-refractivity contribution is 5.86. The van der Waals surface area contributed by atoms with Gasteiger partial charge in [0.1, 0.15) is 6.67 Å². The van der Waals surface area contributed by atoms with Gasteiger partial charge in [0, 0.05) is 5.92 Å². The zero-order valence-electron chi connectivity index (χ0n) is 6.03. The normalized spacial score (nSPS) is 14.5. The van der Waals surface area contributed by atoms with E-state index < -0.39 is 18.3 Å². The lowest BCUT2D eigenvalue weighted by molar-refractivity contribution is -0.130. The molecule has 1 atom stereocenters. The van der Waals surface area contributed by atoms with Crippen molar-refractivity contribution in [2.45, 2.75) is 19.0 Å².